The van der Waals surface area contributed by atoms with Crippen molar-refractivity contribution in [1.82, 2.24) is 14.5 Å². The summed E-state index contributed by atoms with van der Waals surface area (Å²) < 4.78 is 6.98. The summed E-state index contributed by atoms with van der Waals surface area (Å²) in [5.41, 5.74) is 0.477. The Bertz CT molecular complexity index is 534. The first kappa shape index (κ1) is 11.3. The van der Waals surface area contributed by atoms with E-state index in [4.69, 9.17) is 4.74 Å². The Morgan fingerprint density at radius 3 is 2.94 bits per heavy atom. The van der Waals surface area contributed by atoms with Crippen LogP contribution in [0.1, 0.15) is 23.1 Å². The van der Waals surface area contributed by atoms with Crippen molar-refractivity contribution < 1.29 is 9.53 Å². The van der Waals surface area contributed by atoms with E-state index in [9.17, 15) is 4.79 Å². The topological polar surface area (TPSA) is 57.0 Å². The van der Waals surface area contributed by atoms with E-state index in [2.05, 4.69) is 9.97 Å². The number of aryl methyl sites for hydroxylation is 1. The van der Waals surface area contributed by atoms with Crippen molar-refractivity contribution in [1.29, 1.82) is 0 Å². The van der Waals surface area contributed by atoms with Crippen LogP contribution in [0, 0.1) is 0 Å². The lowest BCUT2D eigenvalue weighted by atomic mass is 10.2. The van der Waals surface area contributed by atoms with Gasteiger partial charge in [0.2, 0.25) is 5.78 Å². The quantitative estimate of drug-likeness (QED) is 0.747. The van der Waals surface area contributed by atoms with Crippen molar-refractivity contribution in [2.45, 2.75) is 6.92 Å². The second-order valence-electron chi connectivity index (χ2n) is 3.53. The lowest BCUT2D eigenvalue weighted by Crippen LogP contribution is -2.09. The lowest BCUT2D eigenvalue weighted by Gasteiger charge is -2.04. The van der Waals surface area contributed by atoms with Gasteiger partial charge < -0.3 is 9.30 Å². The minimum Gasteiger partial charge on any atom is -0.492 e. The maximum atomic E-state index is 12.1. The van der Waals surface area contributed by atoms with Crippen molar-refractivity contribution in [3.05, 3.63) is 42.2 Å². The number of carbonyl (C=O) groups is 1. The van der Waals surface area contributed by atoms with Crippen LogP contribution >= 0.6 is 0 Å². The minimum atomic E-state index is -0.161. The van der Waals surface area contributed by atoms with Crippen LogP contribution in [-0.4, -0.2) is 26.9 Å². The van der Waals surface area contributed by atoms with Crippen molar-refractivity contribution >= 4 is 5.78 Å². The third-order valence-corrected chi connectivity index (χ3v) is 2.31. The van der Waals surface area contributed by atoms with Crippen molar-refractivity contribution in [2.24, 2.45) is 7.05 Å². The summed E-state index contributed by atoms with van der Waals surface area (Å²) in [6.45, 7) is 2.43. The highest BCUT2D eigenvalue weighted by Gasteiger charge is 2.14. The molecule has 5 heteroatoms. The number of hydrogen-bond acceptors (Lipinski definition) is 4. The number of hydrogen-bond donors (Lipinski definition) is 0. The Labute approximate surface area is 99.1 Å². The first-order valence-electron chi connectivity index (χ1n) is 5.32. The summed E-state index contributed by atoms with van der Waals surface area (Å²) in [5, 5.41) is 0. The molecule has 2 heterocycles. The highest BCUT2D eigenvalue weighted by molar-refractivity contribution is 6.06. The van der Waals surface area contributed by atoms with Crippen LogP contribution in [0.25, 0.3) is 0 Å². The average Bonchev–Trinajstić information content (AvgIpc) is 2.75. The van der Waals surface area contributed by atoms with Crippen LogP contribution in [0.15, 0.2) is 30.9 Å². The molecule has 17 heavy (non-hydrogen) atoms. The van der Waals surface area contributed by atoms with Gasteiger partial charge in [-0.1, -0.05) is 0 Å². The summed E-state index contributed by atoms with van der Waals surface area (Å²) in [6.07, 6.45) is 6.42. The lowest BCUT2D eigenvalue weighted by molar-refractivity contribution is 0.102. The first-order chi connectivity index (χ1) is 8.22. The summed E-state index contributed by atoms with van der Waals surface area (Å²) in [5.74, 6) is 0.819. The van der Waals surface area contributed by atoms with Gasteiger partial charge in [0.05, 0.1) is 12.8 Å². The molecule has 2 aromatic heterocycles. The van der Waals surface area contributed by atoms with Crippen LogP contribution in [-0.2, 0) is 7.05 Å². The molecule has 0 radical (unpaired) electrons. The van der Waals surface area contributed by atoms with Gasteiger partial charge in [0, 0.05) is 31.2 Å². The Kier molecular flexibility index (Phi) is 3.18. The molecular weight excluding hydrogens is 218 g/mol. The van der Waals surface area contributed by atoms with Crippen LogP contribution < -0.4 is 4.74 Å². The zero-order valence-corrected chi connectivity index (χ0v) is 9.75. The molecule has 0 aliphatic rings. The minimum absolute atomic E-state index is 0.161. The Balaban J connectivity index is 2.31. The van der Waals surface area contributed by atoms with Gasteiger partial charge in [-0.25, -0.2) is 4.98 Å². The number of ketones is 1. The Morgan fingerprint density at radius 2 is 2.29 bits per heavy atom. The maximum Gasteiger partial charge on any atom is 0.230 e. The molecule has 0 unspecified atom stereocenters. The molecule has 0 amide bonds. The van der Waals surface area contributed by atoms with E-state index in [1.165, 1.54) is 6.20 Å². The smallest absolute Gasteiger partial charge is 0.230 e. The van der Waals surface area contributed by atoms with Crippen LogP contribution in [0.2, 0.25) is 0 Å². The zero-order chi connectivity index (χ0) is 12.3. The second kappa shape index (κ2) is 4.78. The normalized spacial score (nSPS) is 10.2. The molecule has 0 spiro atoms. The Morgan fingerprint density at radius 1 is 1.47 bits per heavy atom. The summed E-state index contributed by atoms with van der Waals surface area (Å²) in [7, 11) is 1.78. The van der Waals surface area contributed by atoms with Crippen LogP contribution in [0.5, 0.6) is 5.75 Å². The molecule has 0 aromatic carbocycles. The monoisotopic (exact) mass is 231 g/mol. The van der Waals surface area contributed by atoms with E-state index >= 15 is 0 Å². The number of carbonyl (C=O) groups excluding carboxylic acids is 1. The largest absolute Gasteiger partial charge is 0.492 e. The molecular formula is C12H13N3O2. The van der Waals surface area contributed by atoms with Gasteiger partial charge in [-0.2, -0.15) is 0 Å². The van der Waals surface area contributed by atoms with E-state index in [0.717, 1.165) is 0 Å². The summed E-state index contributed by atoms with van der Waals surface area (Å²) in [6, 6.07) is 1.67. The highest BCUT2D eigenvalue weighted by atomic mass is 16.5. The zero-order valence-electron chi connectivity index (χ0n) is 9.75. The summed E-state index contributed by atoms with van der Waals surface area (Å²) >= 11 is 0. The standard InChI is InChI=1S/C12H13N3O2/c1-3-17-10-6-9(7-13-8-10)11(16)12-14-4-5-15(12)2/h4-8H,3H2,1-2H3. The number of nitrogens with zero attached hydrogens (tertiary/aromatic N) is 3. The molecule has 5 nitrogen and oxygen atoms in total. The SMILES string of the molecule is CCOc1cncc(C(=O)c2nccn2C)c1. The molecule has 0 bridgehead atoms. The average molecular weight is 231 g/mol. The highest BCUT2D eigenvalue weighted by Crippen LogP contribution is 2.14. The van der Waals surface area contributed by atoms with Crippen molar-refractivity contribution in [2.75, 3.05) is 6.61 Å². The number of pyridine rings is 1. The molecule has 0 aliphatic heterocycles. The number of imidazole rings is 1. The molecule has 0 N–H and O–H groups in total. The molecule has 2 rings (SSSR count). The fourth-order valence-electron chi connectivity index (χ4n) is 1.50. The summed E-state index contributed by atoms with van der Waals surface area (Å²) in [4.78, 5) is 20.1. The fraction of sp³-hybridized carbons (Fsp3) is 0.250. The van der Waals surface area contributed by atoms with E-state index in [1.807, 2.05) is 6.92 Å². The molecule has 0 atom stereocenters. The van der Waals surface area contributed by atoms with Gasteiger partial charge in [0.15, 0.2) is 5.82 Å². The maximum absolute atomic E-state index is 12.1. The third-order valence-electron chi connectivity index (χ3n) is 2.31. The number of rotatable bonds is 4. The van der Waals surface area contributed by atoms with Crippen LogP contribution in [0.3, 0.4) is 0 Å². The van der Waals surface area contributed by atoms with E-state index in [0.29, 0.717) is 23.7 Å². The van der Waals surface area contributed by atoms with Crippen LogP contribution in [0.4, 0.5) is 0 Å². The Hall–Kier alpha value is -2.17. The first-order valence-corrected chi connectivity index (χ1v) is 5.32. The van der Waals surface area contributed by atoms with Gasteiger partial charge in [-0.15, -0.1) is 0 Å². The fourth-order valence-corrected chi connectivity index (χ4v) is 1.50. The van der Waals surface area contributed by atoms with Gasteiger partial charge in [-0.3, -0.25) is 9.78 Å². The van der Waals surface area contributed by atoms with Crippen molar-refractivity contribution in [3.63, 3.8) is 0 Å². The molecule has 0 aliphatic carbocycles. The predicted octanol–water partition coefficient (Wildman–Crippen LogP) is 1.44. The van der Waals surface area contributed by atoms with Gasteiger partial charge in [0.25, 0.3) is 0 Å². The molecule has 88 valence electrons. The number of aromatic nitrogens is 3. The van der Waals surface area contributed by atoms with Gasteiger partial charge in [-0.05, 0) is 13.0 Å². The van der Waals surface area contributed by atoms with E-state index in [1.54, 1.807) is 36.3 Å². The van der Waals surface area contributed by atoms with E-state index in [-0.39, 0.29) is 5.78 Å². The molecule has 0 saturated heterocycles. The van der Waals surface area contributed by atoms with E-state index < -0.39 is 0 Å². The molecule has 2 aromatic rings. The predicted molar refractivity (Wildman–Crippen MR) is 62.0 cm³/mol. The molecule has 0 saturated carbocycles. The third kappa shape index (κ3) is 2.33. The second-order valence-corrected chi connectivity index (χ2v) is 3.53. The van der Waals surface area contributed by atoms with Gasteiger partial charge in [0.1, 0.15) is 5.75 Å². The van der Waals surface area contributed by atoms with Gasteiger partial charge >= 0.3 is 0 Å². The molecule has 0 fully saturated rings. The number of ether oxygens (including phenoxy) is 1. The van der Waals surface area contributed by atoms with Crippen molar-refractivity contribution in [3.8, 4) is 5.75 Å².